The van der Waals surface area contributed by atoms with Gasteiger partial charge >= 0.3 is 0 Å². The van der Waals surface area contributed by atoms with Crippen LogP contribution in [0.25, 0.3) is 11.0 Å². The molecule has 0 aliphatic carbocycles. The van der Waals surface area contributed by atoms with E-state index < -0.39 is 6.10 Å². The molecule has 0 fully saturated rings. The lowest BCUT2D eigenvalue weighted by Gasteiger charge is -2.12. The van der Waals surface area contributed by atoms with Gasteiger partial charge in [-0.15, -0.1) is 0 Å². The van der Waals surface area contributed by atoms with Crippen molar-refractivity contribution < 1.29 is 14.3 Å². The SMILES string of the molecule is CSCc1nc2ccccc2n1CC(=O)NCC(O)c1ccco1. The molecule has 0 bridgehead atoms. The molecule has 0 aliphatic rings. The number of furan rings is 1. The Labute approximate surface area is 143 Å². The maximum absolute atomic E-state index is 12.3. The Balaban J connectivity index is 1.69. The summed E-state index contributed by atoms with van der Waals surface area (Å²) in [4.78, 5) is 16.9. The van der Waals surface area contributed by atoms with E-state index in [1.807, 2.05) is 35.1 Å². The summed E-state index contributed by atoms with van der Waals surface area (Å²) in [5.74, 6) is 1.86. The van der Waals surface area contributed by atoms with Crippen molar-refractivity contribution in [1.82, 2.24) is 14.9 Å². The van der Waals surface area contributed by atoms with Crippen LogP contribution in [0.1, 0.15) is 17.7 Å². The van der Waals surface area contributed by atoms with Crippen LogP contribution < -0.4 is 5.32 Å². The average molecular weight is 345 g/mol. The first-order valence-corrected chi connectivity index (χ1v) is 8.99. The predicted molar refractivity (Wildman–Crippen MR) is 93.6 cm³/mol. The monoisotopic (exact) mass is 345 g/mol. The molecule has 126 valence electrons. The van der Waals surface area contributed by atoms with Crippen LogP contribution >= 0.6 is 11.8 Å². The molecule has 7 heteroatoms. The highest BCUT2D eigenvalue weighted by Crippen LogP contribution is 2.19. The van der Waals surface area contributed by atoms with Crippen molar-refractivity contribution in [3.05, 3.63) is 54.2 Å². The molecule has 0 saturated carbocycles. The molecule has 1 amide bonds. The maximum Gasteiger partial charge on any atom is 0.240 e. The number of aromatic nitrogens is 2. The fraction of sp³-hybridized carbons (Fsp3) is 0.294. The second kappa shape index (κ2) is 7.55. The number of thioether (sulfide) groups is 1. The van der Waals surface area contributed by atoms with Crippen LogP contribution in [-0.4, -0.2) is 33.4 Å². The third kappa shape index (κ3) is 3.63. The lowest BCUT2D eigenvalue weighted by Crippen LogP contribution is -2.31. The Morgan fingerprint density at radius 3 is 2.96 bits per heavy atom. The zero-order valence-electron chi connectivity index (χ0n) is 13.3. The van der Waals surface area contributed by atoms with Crippen LogP contribution in [0.3, 0.4) is 0 Å². The van der Waals surface area contributed by atoms with Crippen LogP contribution in [0.4, 0.5) is 0 Å². The van der Waals surface area contributed by atoms with E-state index in [9.17, 15) is 9.90 Å². The highest BCUT2D eigenvalue weighted by atomic mass is 32.2. The van der Waals surface area contributed by atoms with Crippen LogP contribution in [0.15, 0.2) is 47.1 Å². The highest BCUT2D eigenvalue weighted by molar-refractivity contribution is 7.97. The van der Waals surface area contributed by atoms with E-state index in [4.69, 9.17) is 4.42 Å². The summed E-state index contributed by atoms with van der Waals surface area (Å²) in [6.07, 6.45) is 2.64. The summed E-state index contributed by atoms with van der Waals surface area (Å²) in [5, 5.41) is 12.7. The summed E-state index contributed by atoms with van der Waals surface area (Å²) in [6.45, 7) is 0.276. The fourth-order valence-corrected chi connectivity index (χ4v) is 3.01. The predicted octanol–water partition coefficient (Wildman–Crippen LogP) is 2.34. The molecule has 0 aliphatic heterocycles. The molecule has 2 aromatic heterocycles. The molecular weight excluding hydrogens is 326 g/mol. The van der Waals surface area contributed by atoms with E-state index in [1.165, 1.54) is 6.26 Å². The molecule has 6 nitrogen and oxygen atoms in total. The first-order valence-electron chi connectivity index (χ1n) is 7.60. The molecular formula is C17H19N3O3S. The third-order valence-corrected chi connectivity index (χ3v) is 4.22. The van der Waals surface area contributed by atoms with Gasteiger partial charge in [-0.2, -0.15) is 11.8 Å². The molecule has 2 N–H and O–H groups in total. The minimum Gasteiger partial charge on any atom is -0.467 e. The number of imidazole rings is 1. The van der Waals surface area contributed by atoms with Gasteiger partial charge in [0.15, 0.2) is 0 Å². The molecule has 2 heterocycles. The van der Waals surface area contributed by atoms with Crippen molar-refractivity contribution in [2.24, 2.45) is 0 Å². The lowest BCUT2D eigenvalue weighted by molar-refractivity contribution is -0.122. The maximum atomic E-state index is 12.3. The summed E-state index contributed by atoms with van der Waals surface area (Å²) in [5.41, 5.74) is 1.81. The van der Waals surface area contributed by atoms with Gasteiger partial charge in [-0.3, -0.25) is 4.79 Å². The van der Waals surface area contributed by atoms with Crippen molar-refractivity contribution >= 4 is 28.7 Å². The Kier molecular flexibility index (Phi) is 5.22. The van der Waals surface area contributed by atoms with Gasteiger partial charge in [0.25, 0.3) is 0 Å². The number of nitrogens with zero attached hydrogens (tertiary/aromatic N) is 2. The lowest BCUT2D eigenvalue weighted by atomic mass is 10.2. The van der Waals surface area contributed by atoms with Gasteiger partial charge in [-0.05, 0) is 30.5 Å². The minimum absolute atomic E-state index is 0.108. The van der Waals surface area contributed by atoms with Crippen LogP contribution in [0.5, 0.6) is 0 Å². The van der Waals surface area contributed by atoms with Crippen molar-refractivity contribution in [3.63, 3.8) is 0 Å². The van der Waals surface area contributed by atoms with Crippen molar-refractivity contribution in [2.75, 3.05) is 12.8 Å². The topological polar surface area (TPSA) is 80.3 Å². The number of rotatable bonds is 7. The van der Waals surface area contributed by atoms with E-state index in [1.54, 1.807) is 23.9 Å². The van der Waals surface area contributed by atoms with Gasteiger partial charge in [-0.1, -0.05) is 12.1 Å². The molecule has 24 heavy (non-hydrogen) atoms. The first-order chi connectivity index (χ1) is 11.7. The number of fused-ring (bicyclic) bond motifs is 1. The number of carbonyl (C=O) groups is 1. The number of amides is 1. The standard InChI is InChI=1S/C17H19N3O3S/c1-24-11-16-19-12-5-2-3-6-13(12)20(16)10-17(22)18-9-14(21)15-7-4-8-23-15/h2-8,14,21H,9-11H2,1H3,(H,18,22). The first kappa shape index (κ1) is 16.6. The van der Waals surface area contributed by atoms with E-state index in [-0.39, 0.29) is 19.0 Å². The number of hydrogen-bond donors (Lipinski definition) is 2. The zero-order chi connectivity index (χ0) is 16.9. The second-order valence-electron chi connectivity index (χ2n) is 5.37. The second-order valence-corrected chi connectivity index (χ2v) is 6.24. The number of benzene rings is 1. The average Bonchev–Trinajstić information content (AvgIpc) is 3.22. The van der Waals surface area contributed by atoms with E-state index >= 15 is 0 Å². The highest BCUT2D eigenvalue weighted by Gasteiger charge is 2.15. The molecule has 0 saturated heterocycles. The number of para-hydroxylation sites is 2. The van der Waals surface area contributed by atoms with Gasteiger partial charge in [-0.25, -0.2) is 4.98 Å². The van der Waals surface area contributed by atoms with Gasteiger partial charge in [0.05, 0.1) is 29.6 Å². The summed E-state index contributed by atoms with van der Waals surface area (Å²) in [6, 6.07) is 11.1. The molecule has 0 radical (unpaired) electrons. The van der Waals surface area contributed by atoms with Gasteiger partial charge in [0.2, 0.25) is 5.91 Å². The van der Waals surface area contributed by atoms with Gasteiger partial charge in [0.1, 0.15) is 24.2 Å². The molecule has 1 unspecified atom stereocenters. The molecule has 3 rings (SSSR count). The molecule has 1 aromatic carbocycles. The number of aliphatic hydroxyl groups is 1. The number of carbonyl (C=O) groups excluding carboxylic acids is 1. The number of hydrogen-bond acceptors (Lipinski definition) is 5. The Morgan fingerprint density at radius 1 is 1.38 bits per heavy atom. The van der Waals surface area contributed by atoms with Crippen LogP contribution in [-0.2, 0) is 17.1 Å². The van der Waals surface area contributed by atoms with Crippen LogP contribution in [0, 0.1) is 0 Å². The Hall–Kier alpha value is -2.25. The molecule has 0 spiro atoms. The smallest absolute Gasteiger partial charge is 0.240 e. The van der Waals surface area contributed by atoms with E-state index in [2.05, 4.69) is 10.3 Å². The normalized spacial score (nSPS) is 12.4. The third-order valence-electron chi connectivity index (χ3n) is 3.67. The van der Waals surface area contributed by atoms with Crippen molar-refractivity contribution in [3.8, 4) is 0 Å². The van der Waals surface area contributed by atoms with Gasteiger partial charge in [0, 0.05) is 0 Å². The van der Waals surface area contributed by atoms with E-state index in [0.29, 0.717) is 5.76 Å². The fourth-order valence-electron chi connectivity index (χ4n) is 2.53. The summed E-state index contributed by atoms with van der Waals surface area (Å²) < 4.78 is 7.04. The quantitative estimate of drug-likeness (QED) is 0.687. The van der Waals surface area contributed by atoms with Crippen molar-refractivity contribution in [2.45, 2.75) is 18.4 Å². The Bertz CT molecular complexity index is 814. The summed E-state index contributed by atoms with van der Waals surface area (Å²) in [7, 11) is 0. The van der Waals surface area contributed by atoms with Crippen molar-refractivity contribution in [1.29, 1.82) is 0 Å². The summed E-state index contributed by atoms with van der Waals surface area (Å²) >= 11 is 1.66. The zero-order valence-corrected chi connectivity index (χ0v) is 14.1. The number of aliphatic hydroxyl groups excluding tert-OH is 1. The van der Waals surface area contributed by atoms with Gasteiger partial charge < -0.3 is 19.4 Å². The molecule has 1 atom stereocenters. The van der Waals surface area contributed by atoms with E-state index in [0.717, 1.165) is 22.6 Å². The Morgan fingerprint density at radius 2 is 2.21 bits per heavy atom. The number of nitrogens with one attached hydrogen (secondary N) is 1. The largest absolute Gasteiger partial charge is 0.467 e. The minimum atomic E-state index is -0.853. The van der Waals surface area contributed by atoms with Crippen LogP contribution in [0.2, 0.25) is 0 Å². The molecule has 3 aromatic rings.